The third-order valence-corrected chi connectivity index (χ3v) is 2.84. The number of carbonyl (C=O) groups is 1. The summed E-state index contributed by atoms with van der Waals surface area (Å²) >= 11 is 1.67. The van der Waals surface area contributed by atoms with Gasteiger partial charge in [-0.2, -0.15) is 0 Å². The molecule has 0 saturated heterocycles. The molecule has 0 amide bonds. The standard InChI is InChI=1S/C11H14O2S/c1-9-3-5-10(6-4-9)14-8-7-11(12)13-2/h3-6H,7-8H2,1-2H3. The first kappa shape index (κ1) is 11.1. The van der Waals surface area contributed by atoms with Crippen molar-refractivity contribution in [1.29, 1.82) is 0 Å². The van der Waals surface area contributed by atoms with Gasteiger partial charge in [0.25, 0.3) is 0 Å². The number of rotatable bonds is 4. The average Bonchev–Trinajstić information content (AvgIpc) is 2.21. The SMILES string of the molecule is COC(=O)CCSc1ccc(C)cc1. The first-order chi connectivity index (χ1) is 6.72. The molecule has 0 heterocycles. The summed E-state index contributed by atoms with van der Waals surface area (Å²) < 4.78 is 4.55. The van der Waals surface area contributed by atoms with Crippen molar-refractivity contribution in [2.75, 3.05) is 12.9 Å². The van der Waals surface area contributed by atoms with E-state index in [2.05, 4.69) is 35.9 Å². The van der Waals surface area contributed by atoms with Gasteiger partial charge in [0, 0.05) is 10.6 Å². The van der Waals surface area contributed by atoms with E-state index in [4.69, 9.17) is 0 Å². The Morgan fingerprint density at radius 3 is 2.57 bits per heavy atom. The molecule has 1 aromatic carbocycles. The van der Waals surface area contributed by atoms with Gasteiger partial charge in [-0.3, -0.25) is 4.79 Å². The van der Waals surface area contributed by atoms with E-state index in [1.165, 1.54) is 17.6 Å². The second kappa shape index (κ2) is 5.70. The van der Waals surface area contributed by atoms with Crippen LogP contribution in [0.15, 0.2) is 29.2 Å². The number of methoxy groups -OCH3 is 1. The van der Waals surface area contributed by atoms with Crippen LogP contribution < -0.4 is 0 Å². The quantitative estimate of drug-likeness (QED) is 0.564. The second-order valence-corrected chi connectivity index (χ2v) is 4.16. The van der Waals surface area contributed by atoms with Crippen LogP contribution in [0.2, 0.25) is 0 Å². The topological polar surface area (TPSA) is 26.3 Å². The zero-order valence-electron chi connectivity index (χ0n) is 8.45. The van der Waals surface area contributed by atoms with Crippen molar-refractivity contribution in [2.45, 2.75) is 18.2 Å². The minimum absolute atomic E-state index is 0.149. The van der Waals surface area contributed by atoms with Crippen LogP contribution in [-0.2, 0) is 9.53 Å². The van der Waals surface area contributed by atoms with Gasteiger partial charge in [0.2, 0.25) is 0 Å². The minimum atomic E-state index is -0.149. The Morgan fingerprint density at radius 1 is 1.36 bits per heavy atom. The van der Waals surface area contributed by atoms with Crippen molar-refractivity contribution in [3.05, 3.63) is 29.8 Å². The summed E-state index contributed by atoms with van der Waals surface area (Å²) in [6.07, 6.45) is 0.467. The highest BCUT2D eigenvalue weighted by Gasteiger charge is 2.00. The van der Waals surface area contributed by atoms with Crippen molar-refractivity contribution in [3.63, 3.8) is 0 Å². The molecule has 76 valence electrons. The Balaban J connectivity index is 2.31. The fourth-order valence-corrected chi connectivity index (χ4v) is 1.82. The van der Waals surface area contributed by atoms with E-state index in [0.717, 1.165) is 5.75 Å². The molecular weight excluding hydrogens is 196 g/mol. The van der Waals surface area contributed by atoms with Crippen LogP contribution in [0.25, 0.3) is 0 Å². The van der Waals surface area contributed by atoms with Crippen molar-refractivity contribution in [3.8, 4) is 0 Å². The third kappa shape index (κ3) is 3.83. The molecule has 3 heteroatoms. The molecule has 0 aromatic heterocycles. The average molecular weight is 210 g/mol. The van der Waals surface area contributed by atoms with Gasteiger partial charge in [0.15, 0.2) is 0 Å². The molecule has 1 rings (SSSR count). The maximum atomic E-state index is 10.8. The van der Waals surface area contributed by atoms with Gasteiger partial charge in [0.1, 0.15) is 0 Å². The van der Waals surface area contributed by atoms with Crippen LogP contribution >= 0.6 is 11.8 Å². The van der Waals surface area contributed by atoms with E-state index >= 15 is 0 Å². The van der Waals surface area contributed by atoms with Crippen LogP contribution in [0.3, 0.4) is 0 Å². The maximum absolute atomic E-state index is 10.8. The Morgan fingerprint density at radius 2 is 2.00 bits per heavy atom. The summed E-state index contributed by atoms with van der Waals surface area (Å²) in [7, 11) is 1.42. The van der Waals surface area contributed by atoms with Crippen LogP contribution in [0.5, 0.6) is 0 Å². The highest BCUT2D eigenvalue weighted by Crippen LogP contribution is 2.18. The van der Waals surface area contributed by atoms with Gasteiger partial charge in [0.05, 0.1) is 13.5 Å². The fourth-order valence-electron chi connectivity index (χ4n) is 0.989. The summed E-state index contributed by atoms with van der Waals surface area (Å²) in [5.74, 6) is 0.625. The Hall–Kier alpha value is -0.960. The summed E-state index contributed by atoms with van der Waals surface area (Å²) in [6.45, 7) is 2.06. The lowest BCUT2D eigenvalue weighted by atomic mass is 10.2. The lowest BCUT2D eigenvalue weighted by Gasteiger charge is -2.01. The molecular formula is C11H14O2S. The zero-order valence-corrected chi connectivity index (χ0v) is 9.26. The molecule has 0 radical (unpaired) electrons. The molecule has 14 heavy (non-hydrogen) atoms. The van der Waals surface area contributed by atoms with Crippen LogP contribution in [-0.4, -0.2) is 18.8 Å². The largest absolute Gasteiger partial charge is 0.469 e. The number of thioether (sulfide) groups is 1. The number of benzene rings is 1. The summed E-state index contributed by atoms with van der Waals surface area (Å²) in [4.78, 5) is 12.0. The van der Waals surface area contributed by atoms with Crippen LogP contribution in [0.1, 0.15) is 12.0 Å². The summed E-state index contributed by atoms with van der Waals surface area (Å²) in [6, 6.07) is 8.27. The molecule has 0 atom stereocenters. The van der Waals surface area contributed by atoms with E-state index in [1.807, 2.05) is 0 Å². The molecule has 0 aliphatic heterocycles. The highest BCUT2D eigenvalue weighted by molar-refractivity contribution is 7.99. The van der Waals surface area contributed by atoms with Crippen molar-refractivity contribution < 1.29 is 9.53 Å². The minimum Gasteiger partial charge on any atom is -0.469 e. The van der Waals surface area contributed by atoms with E-state index in [-0.39, 0.29) is 5.97 Å². The van der Waals surface area contributed by atoms with Gasteiger partial charge < -0.3 is 4.74 Å². The number of carbonyl (C=O) groups excluding carboxylic acids is 1. The Labute approximate surface area is 88.7 Å². The van der Waals surface area contributed by atoms with Crippen LogP contribution in [0.4, 0.5) is 0 Å². The van der Waals surface area contributed by atoms with E-state index in [0.29, 0.717) is 6.42 Å². The fraction of sp³-hybridized carbons (Fsp3) is 0.364. The van der Waals surface area contributed by atoms with Gasteiger partial charge in [-0.1, -0.05) is 17.7 Å². The second-order valence-electron chi connectivity index (χ2n) is 2.99. The molecule has 0 saturated carbocycles. The molecule has 0 bridgehead atoms. The van der Waals surface area contributed by atoms with Gasteiger partial charge in [-0.25, -0.2) is 0 Å². The molecule has 0 fully saturated rings. The first-order valence-corrected chi connectivity index (χ1v) is 5.47. The molecule has 1 aromatic rings. The molecule has 0 N–H and O–H groups in total. The first-order valence-electron chi connectivity index (χ1n) is 4.48. The number of esters is 1. The Kier molecular flexibility index (Phi) is 4.53. The van der Waals surface area contributed by atoms with Gasteiger partial charge in [-0.15, -0.1) is 11.8 Å². The molecule has 0 aliphatic rings. The monoisotopic (exact) mass is 210 g/mol. The van der Waals surface area contributed by atoms with Gasteiger partial charge in [-0.05, 0) is 19.1 Å². The lowest BCUT2D eigenvalue weighted by Crippen LogP contribution is -2.00. The molecule has 0 unspecified atom stereocenters. The normalized spacial score (nSPS) is 9.86. The van der Waals surface area contributed by atoms with E-state index < -0.39 is 0 Å². The van der Waals surface area contributed by atoms with Crippen molar-refractivity contribution >= 4 is 17.7 Å². The third-order valence-electron chi connectivity index (χ3n) is 1.82. The van der Waals surface area contributed by atoms with Gasteiger partial charge >= 0.3 is 5.97 Å². The molecule has 0 aliphatic carbocycles. The van der Waals surface area contributed by atoms with E-state index in [9.17, 15) is 4.79 Å². The number of ether oxygens (including phenoxy) is 1. The van der Waals surface area contributed by atoms with Crippen molar-refractivity contribution in [2.24, 2.45) is 0 Å². The molecule has 0 spiro atoms. The smallest absolute Gasteiger partial charge is 0.306 e. The Bertz CT molecular complexity index is 293. The van der Waals surface area contributed by atoms with Crippen molar-refractivity contribution in [1.82, 2.24) is 0 Å². The number of aryl methyl sites for hydroxylation is 1. The molecule has 2 nitrogen and oxygen atoms in total. The summed E-state index contributed by atoms with van der Waals surface area (Å²) in [5, 5.41) is 0. The number of hydrogen-bond donors (Lipinski definition) is 0. The number of hydrogen-bond acceptors (Lipinski definition) is 3. The predicted octanol–water partition coefficient (Wildman–Crippen LogP) is 2.65. The van der Waals surface area contributed by atoms with Crippen LogP contribution in [0, 0.1) is 6.92 Å². The lowest BCUT2D eigenvalue weighted by molar-refractivity contribution is -0.140. The highest BCUT2D eigenvalue weighted by atomic mass is 32.2. The zero-order chi connectivity index (χ0) is 10.4. The predicted molar refractivity (Wildman–Crippen MR) is 58.5 cm³/mol. The van der Waals surface area contributed by atoms with E-state index in [1.54, 1.807) is 11.8 Å². The summed E-state index contributed by atoms with van der Waals surface area (Å²) in [5.41, 5.74) is 1.25. The maximum Gasteiger partial charge on any atom is 0.306 e.